The summed E-state index contributed by atoms with van der Waals surface area (Å²) in [6, 6.07) is 5.17. The van der Waals surface area contributed by atoms with Crippen LogP contribution in [0, 0.1) is 5.92 Å². The van der Waals surface area contributed by atoms with Gasteiger partial charge in [0.2, 0.25) is 22.2 Å². The molecule has 0 bridgehead atoms. The Balaban J connectivity index is 1.38. The lowest BCUT2D eigenvalue weighted by molar-refractivity contribution is -0.138. The minimum absolute atomic E-state index is 0.0360. The lowest BCUT2D eigenvalue weighted by Crippen LogP contribution is -2.19. The van der Waals surface area contributed by atoms with Crippen LogP contribution < -0.4 is 15.5 Å². The normalized spacial score (nSPS) is 13.5. The first-order valence-electron chi connectivity index (χ1n) is 9.48. The van der Waals surface area contributed by atoms with E-state index in [0.29, 0.717) is 9.47 Å². The van der Waals surface area contributed by atoms with Gasteiger partial charge in [0.25, 0.3) is 0 Å². The molecule has 4 rings (SSSR count). The summed E-state index contributed by atoms with van der Waals surface area (Å²) in [5.74, 6) is -1.51. The first-order valence-corrected chi connectivity index (χ1v) is 11.3. The van der Waals surface area contributed by atoms with Crippen LogP contribution in [-0.2, 0) is 16.7 Å². The number of halogens is 3. The molecule has 0 saturated heterocycles. The summed E-state index contributed by atoms with van der Waals surface area (Å²) in [5, 5.41) is 10.9. The molecular formula is C20H14F3N3O5S2. The van der Waals surface area contributed by atoms with Crippen molar-refractivity contribution < 1.29 is 31.9 Å². The van der Waals surface area contributed by atoms with Gasteiger partial charge in [0, 0.05) is 12.0 Å². The number of benzene rings is 1. The molecule has 0 spiro atoms. The molecule has 1 fully saturated rings. The van der Waals surface area contributed by atoms with Crippen LogP contribution in [0.15, 0.2) is 50.1 Å². The number of esters is 1. The number of amides is 1. The fourth-order valence-corrected chi connectivity index (χ4v) is 4.30. The summed E-state index contributed by atoms with van der Waals surface area (Å²) in [7, 11) is 0. The Labute approximate surface area is 192 Å². The molecule has 13 heteroatoms. The molecule has 0 unspecified atom stereocenters. The lowest BCUT2D eigenvalue weighted by Gasteiger charge is -2.11. The average molecular weight is 497 g/mol. The summed E-state index contributed by atoms with van der Waals surface area (Å²) in [5.41, 5.74) is -2.62. The van der Waals surface area contributed by atoms with Crippen molar-refractivity contribution in [3.05, 3.63) is 63.7 Å². The van der Waals surface area contributed by atoms with E-state index in [1.165, 1.54) is 29.2 Å². The zero-order chi connectivity index (χ0) is 23.6. The quantitative estimate of drug-likeness (QED) is 0.291. The van der Waals surface area contributed by atoms with Gasteiger partial charge in [-0.3, -0.25) is 9.59 Å². The van der Waals surface area contributed by atoms with E-state index in [1.807, 2.05) is 0 Å². The third-order valence-corrected chi connectivity index (χ3v) is 6.42. The number of alkyl halides is 3. The molecule has 3 aromatic rings. The van der Waals surface area contributed by atoms with Gasteiger partial charge in [-0.2, -0.15) is 13.2 Å². The molecule has 8 nitrogen and oxygen atoms in total. The maximum Gasteiger partial charge on any atom is 0.417 e. The van der Waals surface area contributed by atoms with Gasteiger partial charge in [0.15, 0.2) is 4.34 Å². The van der Waals surface area contributed by atoms with Crippen molar-refractivity contribution in [2.24, 2.45) is 5.92 Å². The average Bonchev–Trinajstić information content (AvgIpc) is 3.54. The van der Waals surface area contributed by atoms with Gasteiger partial charge in [-0.25, -0.2) is 4.79 Å². The SMILES string of the molecule is O=C(Oc1coc(CSc2nnc(NC(=O)C3CC3)s2)cc1=O)c1ccccc1C(F)(F)F. The van der Waals surface area contributed by atoms with E-state index in [-0.39, 0.29) is 23.3 Å². The van der Waals surface area contributed by atoms with Gasteiger partial charge in [-0.1, -0.05) is 35.2 Å². The highest BCUT2D eigenvalue weighted by Gasteiger charge is 2.35. The van der Waals surface area contributed by atoms with Gasteiger partial charge >= 0.3 is 12.1 Å². The number of hydrogen-bond donors (Lipinski definition) is 1. The van der Waals surface area contributed by atoms with Crippen molar-refractivity contribution in [2.45, 2.75) is 29.1 Å². The minimum Gasteiger partial charge on any atom is -0.464 e. The van der Waals surface area contributed by atoms with Crippen molar-refractivity contribution in [3.63, 3.8) is 0 Å². The summed E-state index contributed by atoms with van der Waals surface area (Å²) in [6.07, 6.45) is -2.16. The predicted molar refractivity (Wildman–Crippen MR) is 112 cm³/mol. The number of carbonyl (C=O) groups is 2. The first-order chi connectivity index (χ1) is 15.7. The highest BCUT2D eigenvalue weighted by molar-refractivity contribution is 8.00. The summed E-state index contributed by atoms with van der Waals surface area (Å²) in [6.45, 7) is 0. The van der Waals surface area contributed by atoms with Crippen molar-refractivity contribution >= 4 is 40.1 Å². The van der Waals surface area contributed by atoms with E-state index in [4.69, 9.17) is 9.15 Å². The van der Waals surface area contributed by atoms with Crippen molar-refractivity contribution in [1.82, 2.24) is 10.2 Å². The second-order valence-corrected chi connectivity index (χ2v) is 9.13. The molecule has 0 aliphatic heterocycles. The number of hydrogen-bond acceptors (Lipinski definition) is 9. The van der Waals surface area contributed by atoms with Crippen LogP contribution in [0.2, 0.25) is 0 Å². The fourth-order valence-electron chi connectivity index (χ4n) is 2.66. The van der Waals surface area contributed by atoms with Crippen LogP contribution in [0.3, 0.4) is 0 Å². The van der Waals surface area contributed by atoms with Crippen molar-refractivity contribution in [2.75, 3.05) is 5.32 Å². The van der Waals surface area contributed by atoms with Gasteiger partial charge in [0.05, 0.1) is 16.9 Å². The molecule has 1 amide bonds. The standard InChI is InChI=1S/C20H14F3N3O5S2/c21-20(22,23)13-4-2-1-3-12(13)17(29)31-15-8-30-11(7-14(15)27)9-32-19-26-25-18(33-19)24-16(28)10-5-6-10/h1-4,7-8,10H,5-6,9H2,(H,24,25,28). The molecule has 2 aromatic heterocycles. The Hall–Kier alpha value is -3.19. The van der Waals surface area contributed by atoms with Gasteiger partial charge in [-0.15, -0.1) is 10.2 Å². The van der Waals surface area contributed by atoms with Crippen molar-refractivity contribution in [1.29, 1.82) is 0 Å². The second kappa shape index (κ2) is 9.35. The van der Waals surface area contributed by atoms with Gasteiger partial charge in [0.1, 0.15) is 12.0 Å². The Morgan fingerprint density at radius 1 is 1.24 bits per heavy atom. The van der Waals surface area contributed by atoms with Crippen LogP contribution >= 0.6 is 23.1 Å². The Morgan fingerprint density at radius 2 is 2.00 bits per heavy atom. The summed E-state index contributed by atoms with van der Waals surface area (Å²) in [4.78, 5) is 36.2. The molecule has 1 aliphatic rings. The third-order valence-electron chi connectivity index (χ3n) is 4.43. The minimum atomic E-state index is -4.76. The number of nitrogens with zero attached hydrogens (tertiary/aromatic N) is 2. The predicted octanol–water partition coefficient (Wildman–Crippen LogP) is 4.37. The molecule has 1 aromatic carbocycles. The molecule has 172 valence electrons. The molecule has 1 saturated carbocycles. The third kappa shape index (κ3) is 5.79. The maximum absolute atomic E-state index is 13.1. The highest BCUT2D eigenvalue weighted by Crippen LogP contribution is 2.33. The number of rotatable bonds is 7. The largest absolute Gasteiger partial charge is 0.464 e. The van der Waals surface area contributed by atoms with E-state index in [1.54, 1.807) is 0 Å². The Bertz CT molecular complexity index is 1250. The number of ether oxygens (including phenoxy) is 1. The van der Waals surface area contributed by atoms with E-state index in [2.05, 4.69) is 15.5 Å². The van der Waals surface area contributed by atoms with Crippen LogP contribution in [0.4, 0.5) is 18.3 Å². The molecule has 1 aliphatic carbocycles. The lowest BCUT2D eigenvalue weighted by atomic mass is 10.1. The Morgan fingerprint density at radius 3 is 2.70 bits per heavy atom. The maximum atomic E-state index is 13.1. The van der Waals surface area contributed by atoms with Crippen LogP contribution in [0.1, 0.15) is 34.5 Å². The molecule has 0 atom stereocenters. The van der Waals surface area contributed by atoms with Gasteiger partial charge < -0.3 is 14.5 Å². The highest BCUT2D eigenvalue weighted by atomic mass is 32.2. The topological polar surface area (TPSA) is 111 Å². The monoisotopic (exact) mass is 497 g/mol. The number of aromatic nitrogens is 2. The van der Waals surface area contributed by atoms with E-state index < -0.39 is 34.5 Å². The molecule has 1 N–H and O–H groups in total. The molecular weight excluding hydrogens is 483 g/mol. The smallest absolute Gasteiger partial charge is 0.417 e. The summed E-state index contributed by atoms with van der Waals surface area (Å²) < 4.78 is 49.9. The zero-order valence-corrected chi connectivity index (χ0v) is 18.2. The molecule has 2 heterocycles. The van der Waals surface area contributed by atoms with Gasteiger partial charge in [-0.05, 0) is 25.0 Å². The molecule has 33 heavy (non-hydrogen) atoms. The summed E-state index contributed by atoms with van der Waals surface area (Å²) >= 11 is 2.37. The van der Waals surface area contributed by atoms with E-state index in [0.717, 1.165) is 43.4 Å². The number of thioether (sulfide) groups is 1. The zero-order valence-electron chi connectivity index (χ0n) is 16.5. The van der Waals surface area contributed by atoms with Crippen LogP contribution in [0.5, 0.6) is 5.75 Å². The number of anilines is 1. The number of carbonyl (C=O) groups excluding carboxylic acids is 2. The fraction of sp³-hybridized carbons (Fsp3) is 0.250. The molecule has 0 radical (unpaired) electrons. The van der Waals surface area contributed by atoms with Crippen LogP contribution in [0.25, 0.3) is 0 Å². The van der Waals surface area contributed by atoms with E-state index in [9.17, 15) is 27.6 Å². The van der Waals surface area contributed by atoms with Crippen molar-refractivity contribution in [3.8, 4) is 5.75 Å². The van der Waals surface area contributed by atoms with Crippen LogP contribution in [-0.4, -0.2) is 22.1 Å². The second-order valence-electron chi connectivity index (χ2n) is 6.93. The Kier molecular flexibility index (Phi) is 6.51. The first kappa shape index (κ1) is 23.0. The number of nitrogens with one attached hydrogen (secondary N) is 1. The van der Waals surface area contributed by atoms with E-state index >= 15 is 0 Å².